The molecule has 1 aromatic rings. The molecule has 2 unspecified atom stereocenters. The van der Waals surface area contributed by atoms with Gasteiger partial charge in [-0.2, -0.15) is 0 Å². The molecule has 1 aliphatic rings. The van der Waals surface area contributed by atoms with E-state index in [0.29, 0.717) is 19.8 Å². The molecule has 3 N–H and O–H groups in total. The number of nitrogens with one attached hydrogen (secondary N) is 1. The van der Waals surface area contributed by atoms with E-state index in [9.17, 15) is 4.79 Å². The summed E-state index contributed by atoms with van der Waals surface area (Å²) < 4.78 is 7.35. The predicted octanol–water partition coefficient (Wildman–Crippen LogP) is 0.314. The summed E-state index contributed by atoms with van der Waals surface area (Å²) in [5, 5.41) is 2.95. The fourth-order valence-electron chi connectivity index (χ4n) is 2.14. The quantitative estimate of drug-likeness (QED) is 0.812. The zero-order valence-corrected chi connectivity index (χ0v) is 11.2. The van der Waals surface area contributed by atoms with Crippen LogP contribution in [0.3, 0.4) is 0 Å². The molecular weight excluding hydrogens is 230 g/mol. The van der Waals surface area contributed by atoms with E-state index in [2.05, 4.69) is 9.88 Å². The molecule has 1 aromatic heterocycles. The maximum absolute atomic E-state index is 12.2. The first-order chi connectivity index (χ1) is 8.45. The Bertz CT molecular complexity index is 455. The second kappa shape index (κ2) is 4.74. The van der Waals surface area contributed by atoms with E-state index in [4.69, 9.17) is 10.5 Å². The molecule has 18 heavy (non-hydrogen) atoms. The van der Waals surface area contributed by atoms with Crippen LogP contribution in [0.1, 0.15) is 18.3 Å². The highest BCUT2D eigenvalue weighted by Gasteiger charge is 2.44. The summed E-state index contributed by atoms with van der Waals surface area (Å²) in [5.74, 6) is -0.0358. The van der Waals surface area contributed by atoms with Gasteiger partial charge in [-0.3, -0.25) is 4.79 Å². The van der Waals surface area contributed by atoms with Crippen molar-refractivity contribution in [1.82, 2.24) is 9.88 Å². The number of amides is 1. The second-order valence-electron chi connectivity index (χ2n) is 5.25. The Labute approximate surface area is 107 Å². The minimum atomic E-state index is -0.611. The normalized spacial score (nSPS) is 27.4. The van der Waals surface area contributed by atoms with E-state index in [1.807, 2.05) is 33.0 Å². The van der Waals surface area contributed by atoms with Crippen LogP contribution in [0.5, 0.6) is 0 Å². The van der Waals surface area contributed by atoms with Crippen molar-refractivity contribution >= 4 is 5.91 Å². The van der Waals surface area contributed by atoms with E-state index < -0.39 is 5.41 Å². The number of aryl methyl sites for hydroxylation is 1. The van der Waals surface area contributed by atoms with Gasteiger partial charge in [0.15, 0.2) is 0 Å². The molecule has 1 aliphatic heterocycles. The van der Waals surface area contributed by atoms with E-state index in [-0.39, 0.29) is 11.9 Å². The zero-order valence-electron chi connectivity index (χ0n) is 11.2. The minimum Gasteiger partial charge on any atom is -0.379 e. The Morgan fingerprint density at radius 2 is 2.39 bits per heavy atom. The molecule has 0 aromatic carbocycles. The number of aromatic nitrogens is 1. The molecule has 0 aliphatic carbocycles. The molecule has 1 amide bonds. The molecule has 1 saturated heterocycles. The molecule has 1 fully saturated rings. The van der Waals surface area contributed by atoms with Crippen molar-refractivity contribution in [2.24, 2.45) is 18.2 Å². The van der Waals surface area contributed by atoms with Crippen molar-refractivity contribution in [3.63, 3.8) is 0 Å². The van der Waals surface area contributed by atoms with Gasteiger partial charge < -0.3 is 20.4 Å². The monoisotopic (exact) mass is 251 g/mol. The summed E-state index contributed by atoms with van der Waals surface area (Å²) >= 11 is 0. The third-order valence-corrected chi connectivity index (χ3v) is 3.94. The first kappa shape index (κ1) is 13.1. The molecule has 100 valence electrons. The third kappa shape index (κ3) is 2.15. The molecule has 5 nitrogen and oxygen atoms in total. The van der Waals surface area contributed by atoms with Crippen LogP contribution in [0.4, 0.5) is 0 Å². The number of carbonyl (C=O) groups excluding carboxylic acids is 1. The van der Waals surface area contributed by atoms with Crippen LogP contribution in [-0.2, 0) is 23.1 Å². The van der Waals surface area contributed by atoms with E-state index in [0.717, 1.165) is 5.69 Å². The maximum atomic E-state index is 12.2. The standard InChI is InChI=1S/C13H21N3O2/c1-9-4-5-10(16(9)3)6-15-12(17)13(2)8-18-7-11(13)14/h4-5,11H,6-8,14H2,1-3H3,(H,15,17). The lowest BCUT2D eigenvalue weighted by molar-refractivity contribution is -0.130. The van der Waals surface area contributed by atoms with Crippen LogP contribution in [0, 0.1) is 12.3 Å². The zero-order chi connectivity index (χ0) is 13.3. The van der Waals surface area contributed by atoms with E-state index in [1.165, 1.54) is 5.69 Å². The van der Waals surface area contributed by atoms with Gasteiger partial charge in [0.1, 0.15) is 0 Å². The average molecular weight is 251 g/mol. The molecule has 0 saturated carbocycles. The van der Waals surface area contributed by atoms with Gasteiger partial charge >= 0.3 is 0 Å². The van der Waals surface area contributed by atoms with Crippen LogP contribution in [-0.4, -0.2) is 29.7 Å². The number of nitrogens with zero attached hydrogens (tertiary/aromatic N) is 1. The Kier molecular flexibility index (Phi) is 3.45. The molecule has 0 bridgehead atoms. The lowest BCUT2D eigenvalue weighted by Crippen LogP contribution is -2.49. The van der Waals surface area contributed by atoms with Crippen molar-refractivity contribution in [3.8, 4) is 0 Å². The fourth-order valence-corrected chi connectivity index (χ4v) is 2.14. The Hall–Kier alpha value is -1.33. The van der Waals surface area contributed by atoms with Crippen molar-refractivity contribution in [3.05, 3.63) is 23.5 Å². The van der Waals surface area contributed by atoms with Crippen molar-refractivity contribution in [2.45, 2.75) is 26.4 Å². The molecule has 2 rings (SSSR count). The maximum Gasteiger partial charge on any atom is 0.230 e. The first-order valence-corrected chi connectivity index (χ1v) is 6.18. The number of hydrogen-bond acceptors (Lipinski definition) is 3. The molecule has 0 radical (unpaired) electrons. The minimum absolute atomic E-state index is 0.0358. The summed E-state index contributed by atoms with van der Waals surface area (Å²) in [4.78, 5) is 12.2. The van der Waals surface area contributed by atoms with Crippen LogP contribution in [0.25, 0.3) is 0 Å². The summed E-state index contributed by atoms with van der Waals surface area (Å²) in [6.45, 7) is 5.26. The lowest BCUT2D eigenvalue weighted by atomic mass is 9.85. The first-order valence-electron chi connectivity index (χ1n) is 6.18. The lowest BCUT2D eigenvalue weighted by Gasteiger charge is -2.25. The SMILES string of the molecule is Cc1ccc(CNC(=O)C2(C)COCC2N)n1C. The van der Waals surface area contributed by atoms with Gasteiger partial charge in [-0.1, -0.05) is 0 Å². The van der Waals surface area contributed by atoms with Crippen LogP contribution >= 0.6 is 0 Å². The summed E-state index contributed by atoms with van der Waals surface area (Å²) in [5.41, 5.74) is 7.57. The molecular formula is C13H21N3O2. The number of ether oxygens (including phenoxy) is 1. The Morgan fingerprint density at radius 3 is 2.89 bits per heavy atom. The molecule has 5 heteroatoms. The van der Waals surface area contributed by atoms with Crippen LogP contribution in [0.2, 0.25) is 0 Å². The highest BCUT2D eigenvalue weighted by Crippen LogP contribution is 2.27. The Balaban J connectivity index is 1.98. The van der Waals surface area contributed by atoms with Gasteiger partial charge in [0.2, 0.25) is 5.91 Å². The smallest absolute Gasteiger partial charge is 0.230 e. The largest absolute Gasteiger partial charge is 0.379 e. The van der Waals surface area contributed by atoms with Crippen molar-refractivity contribution in [1.29, 1.82) is 0 Å². The highest BCUT2D eigenvalue weighted by atomic mass is 16.5. The van der Waals surface area contributed by atoms with Gasteiger partial charge in [-0.25, -0.2) is 0 Å². The van der Waals surface area contributed by atoms with Gasteiger partial charge in [0, 0.05) is 24.5 Å². The molecule has 0 spiro atoms. The van der Waals surface area contributed by atoms with Crippen LogP contribution < -0.4 is 11.1 Å². The van der Waals surface area contributed by atoms with Gasteiger partial charge in [0.05, 0.1) is 25.2 Å². The number of carbonyl (C=O) groups is 1. The predicted molar refractivity (Wildman–Crippen MR) is 68.9 cm³/mol. The van der Waals surface area contributed by atoms with Crippen molar-refractivity contribution in [2.75, 3.05) is 13.2 Å². The summed E-state index contributed by atoms with van der Waals surface area (Å²) in [7, 11) is 1.99. The number of rotatable bonds is 3. The van der Waals surface area contributed by atoms with Crippen molar-refractivity contribution < 1.29 is 9.53 Å². The molecule has 2 heterocycles. The number of nitrogens with two attached hydrogens (primary N) is 1. The van der Waals surface area contributed by atoms with E-state index >= 15 is 0 Å². The second-order valence-corrected chi connectivity index (χ2v) is 5.25. The fraction of sp³-hybridized carbons (Fsp3) is 0.615. The topological polar surface area (TPSA) is 69.3 Å². The Morgan fingerprint density at radius 1 is 1.67 bits per heavy atom. The van der Waals surface area contributed by atoms with Gasteiger partial charge in [-0.15, -0.1) is 0 Å². The summed E-state index contributed by atoms with van der Waals surface area (Å²) in [6.07, 6.45) is 0. The highest BCUT2D eigenvalue weighted by molar-refractivity contribution is 5.83. The summed E-state index contributed by atoms with van der Waals surface area (Å²) in [6, 6.07) is 3.82. The van der Waals surface area contributed by atoms with Crippen LogP contribution in [0.15, 0.2) is 12.1 Å². The van der Waals surface area contributed by atoms with E-state index in [1.54, 1.807) is 0 Å². The van der Waals surface area contributed by atoms with Gasteiger partial charge in [0.25, 0.3) is 0 Å². The molecule has 2 atom stereocenters. The number of hydrogen-bond donors (Lipinski definition) is 2. The van der Waals surface area contributed by atoms with Gasteiger partial charge in [-0.05, 0) is 26.0 Å². The average Bonchev–Trinajstić information content (AvgIpc) is 2.84. The third-order valence-electron chi connectivity index (χ3n) is 3.94.